The van der Waals surface area contributed by atoms with Gasteiger partial charge in [-0.2, -0.15) is 9.97 Å². The van der Waals surface area contributed by atoms with Gasteiger partial charge in [0.25, 0.3) is 0 Å². The number of anilines is 1. The highest BCUT2D eigenvalue weighted by Crippen LogP contribution is 2.46. The molecule has 2 aromatic carbocycles. The fourth-order valence-electron chi connectivity index (χ4n) is 8.66. The normalized spacial score (nSPS) is 27.0. The van der Waals surface area contributed by atoms with Gasteiger partial charge < -0.3 is 15.0 Å². The minimum Gasteiger partial charge on any atom is -0.461 e. The van der Waals surface area contributed by atoms with E-state index in [4.69, 9.17) is 16.1 Å². The van der Waals surface area contributed by atoms with E-state index in [1.54, 1.807) is 24.4 Å². The molecule has 2 bridgehead atoms. The number of piperazine rings is 1. The molecular weight excluding hydrogens is 601 g/mol. The van der Waals surface area contributed by atoms with Gasteiger partial charge in [-0.15, -0.1) is 6.42 Å². The number of ether oxygens (including phenoxy) is 1. The van der Waals surface area contributed by atoms with Crippen LogP contribution in [0.3, 0.4) is 0 Å². The summed E-state index contributed by atoms with van der Waals surface area (Å²) in [6.07, 6.45) is 13.2. The molecule has 0 radical (unpaired) electrons. The molecule has 4 aromatic rings. The summed E-state index contributed by atoms with van der Waals surface area (Å²) >= 11 is 0. The Morgan fingerprint density at radius 3 is 2.64 bits per heavy atom. The molecule has 4 saturated heterocycles. The fraction of sp³-hybridized carbons (Fsp3) is 0.432. The molecule has 5 fully saturated rings. The molecule has 1 aliphatic carbocycles. The smallest absolute Gasteiger partial charge is 0.319 e. The zero-order valence-corrected chi connectivity index (χ0v) is 26.0. The van der Waals surface area contributed by atoms with Crippen LogP contribution >= 0.6 is 0 Å². The molecule has 9 rings (SSSR count). The van der Waals surface area contributed by atoms with E-state index in [2.05, 4.69) is 31.0 Å². The van der Waals surface area contributed by atoms with Crippen LogP contribution in [-0.2, 0) is 0 Å². The summed E-state index contributed by atoms with van der Waals surface area (Å²) in [6.45, 7) is 2.83. The molecule has 6 heterocycles. The maximum atomic E-state index is 16.9. The van der Waals surface area contributed by atoms with Crippen LogP contribution in [0.25, 0.3) is 32.9 Å². The Morgan fingerprint density at radius 2 is 1.87 bits per heavy atom. The molecule has 47 heavy (non-hydrogen) atoms. The van der Waals surface area contributed by atoms with Crippen molar-refractivity contribution in [2.45, 2.75) is 68.7 Å². The Labute approximate surface area is 271 Å². The molecule has 240 valence electrons. The van der Waals surface area contributed by atoms with Crippen molar-refractivity contribution in [3.05, 3.63) is 64.9 Å². The lowest BCUT2D eigenvalue weighted by atomic mass is 9.84. The largest absolute Gasteiger partial charge is 0.461 e. The Balaban J connectivity index is 1.15. The second-order valence-corrected chi connectivity index (χ2v) is 14.0. The van der Waals surface area contributed by atoms with Crippen LogP contribution in [-0.4, -0.2) is 76.4 Å². The predicted molar refractivity (Wildman–Crippen MR) is 175 cm³/mol. The monoisotopic (exact) mass is 636 g/mol. The minimum absolute atomic E-state index is 0.0228. The van der Waals surface area contributed by atoms with E-state index in [-0.39, 0.29) is 29.4 Å². The molecule has 0 spiro atoms. The van der Waals surface area contributed by atoms with E-state index in [0.29, 0.717) is 52.6 Å². The lowest BCUT2D eigenvalue weighted by molar-refractivity contribution is 0.107. The maximum absolute atomic E-state index is 16.9. The van der Waals surface area contributed by atoms with Crippen LogP contribution in [0.1, 0.15) is 50.5 Å². The van der Waals surface area contributed by atoms with E-state index in [1.807, 2.05) is 6.07 Å². The number of nitrogens with one attached hydrogen (secondary N) is 1. The van der Waals surface area contributed by atoms with E-state index in [1.165, 1.54) is 23.6 Å². The van der Waals surface area contributed by atoms with Crippen molar-refractivity contribution < 1.29 is 17.9 Å². The summed E-state index contributed by atoms with van der Waals surface area (Å²) in [4.78, 5) is 18.5. The van der Waals surface area contributed by atoms with Gasteiger partial charge >= 0.3 is 6.01 Å². The zero-order chi connectivity index (χ0) is 31.9. The van der Waals surface area contributed by atoms with Crippen LogP contribution < -0.4 is 15.0 Å². The van der Waals surface area contributed by atoms with Crippen molar-refractivity contribution in [3.63, 3.8) is 0 Å². The van der Waals surface area contributed by atoms with Crippen molar-refractivity contribution >= 4 is 27.5 Å². The summed E-state index contributed by atoms with van der Waals surface area (Å²) in [5.41, 5.74) is 3.00. The molecule has 7 nitrogen and oxygen atoms in total. The third-order valence-corrected chi connectivity index (χ3v) is 11.1. The maximum Gasteiger partial charge on any atom is 0.319 e. The summed E-state index contributed by atoms with van der Waals surface area (Å²) in [5.74, 6) is 1.81. The quantitative estimate of drug-likeness (QED) is 0.210. The van der Waals surface area contributed by atoms with Crippen LogP contribution in [0.5, 0.6) is 6.01 Å². The van der Waals surface area contributed by atoms with E-state index < -0.39 is 23.3 Å². The van der Waals surface area contributed by atoms with E-state index in [9.17, 15) is 8.78 Å². The average Bonchev–Trinajstić information content (AvgIpc) is 3.66. The summed E-state index contributed by atoms with van der Waals surface area (Å²) in [6, 6.07) is 8.92. The van der Waals surface area contributed by atoms with Crippen LogP contribution in [0.4, 0.5) is 19.0 Å². The lowest BCUT2D eigenvalue weighted by Gasteiger charge is -2.34. The number of hydrogen-bond donors (Lipinski definition) is 1. The average molecular weight is 637 g/mol. The van der Waals surface area contributed by atoms with Gasteiger partial charge in [0.1, 0.15) is 35.6 Å². The first-order chi connectivity index (χ1) is 22.9. The van der Waals surface area contributed by atoms with Gasteiger partial charge in [-0.05, 0) is 50.0 Å². The third-order valence-electron chi connectivity index (χ3n) is 11.1. The van der Waals surface area contributed by atoms with Gasteiger partial charge in [0, 0.05) is 61.8 Å². The minimum atomic E-state index is -0.916. The Bertz CT molecular complexity index is 2010. The first-order valence-corrected chi connectivity index (χ1v) is 16.7. The van der Waals surface area contributed by atoms with Crippen molar-refractivity contribution in [1.29, 1.82) is 0 Å². The molecular formula is C37H35F3N6O. The van der Waals surface area contributed by atoms with Crippen LogP contribution in [0.2, 0.25) is 0 Å². The first kappa shape index (κ1) is 29.0. The molecule has 4 atom stereocenters. The number of aromatic nitrogens is 3. The number of alkyl halides is 1. The lowest BCUT2D eigenvalue weighted by Crippen LogP contribution is -2.51. The van der Waals surface area contributed by atoms with Crippen LogP contribution in [0.15, 0.2) is 47.7 Å². The molecule has 1 N–H and O–H groups in total. The Kier molecular flexibility index (Phi) is 6.74. The molecule has 1 saturated carbocycles. The molecule has 2 aromatic heterocycles. The number of nitrogens with zero attached hydrogens (tertiary/aromatic N) is 5. The highest BCUT2D eigenvalue weighted by atomic mass is 19.1. The van der Waals surface area contributed by atoms with Gasteiger partial charge in [-0.3, -0.25) is 9.88 Å². The number of terminal acetylenes is 1. The number of allylic oxidation sites excluding steroid dienone is 1. The number of benzene rings is 2. The van der Waals surface area contributed by atoms with Gasteiger partial charge in [0.15, 0.2) is 5.82 Å². The highest BCUT2D eigenvalue weighted by molar-refractivity contribution is 6.02. The van der Waals surface area contributed by atoms with E-state index >= 15 is 4.39 Å². The summed E-state index contributed by atoms with van der Waals surface area (Å²) in [5, 5.41) is 5.22. The van der Waals surface area contributed by atoms with E-state index in [0.717, 1.165) is 51.7 Å². The Hall–Kier alpha value is -4.20. The summed E-state index contributed by atoms with van der Waals surface area (Å²) < 4.78 is 52.9. The number of halogens is 3. The van der Waals surface area contributed by atoms with Gasteiger partial charge in [0.05, 0.1) is 16.5 Å². The second kappa shape index (κ2) is 10.9. The Morgan fingerprint density at radius 1 is 1.04 bits per heavy atom. The number of pyridine rings is 1. The van der Waals surface area contributed by atoms with Crippen LogP contribution in [0, 0.1) is 24.0 Å². The highest BCUT2D eigenvalue weighted by Gasteiger charge is 2.52. The van der Waals surface area contributed by atoms with Crippen molar-refractivity contribution in [2.24, 2.45) is 0 Å². The standard InChI is InChI=1S/C37H35F3N6O/c1-2-27-30(39)12-9-22-7-4-8-28(31(22)27)33-32(40)34-29(15-41-33)35(45-18-25-10-11-26(19-45)42-25)44-36(43-34)47-20-37-13-23(21-5-3-6-21)16-46(37)17-24(38)14-37/h1,4,7-9,12,15,24-26,42H,3,5-6,10-11,13-14,16-20H2/t24-,25-,26+,37-/m1/s1. The van der Waals surface area contributed by atoms with Gasteiger partial charge in [-0.25, -0.2) is 13.2 Å². The molecule has 10 heteroatoms. The first-order valence-electron chi connectivity index (χ1n) is 16.7. The molecule has 5 aliphatic rings. The second-order valence-electron chi connectivity index (χ2n) is 14.0. The summed E-state index contributed by atoms with van der Waals surface area (Å²) in [7, 11) is 0. The topological polar surface area (TPSA) is 66.4 Å². The zero-order valence-electron chi connectivity index (χ0n) is 26.0. The van der Waals surface area contributed by atoms with Crippen molar-refractivity contribution in [1.82, 2.24) is 25.2 Å². The third kappa shape index (κ3) is 4.69. The molecule has 0 unspecified atom stereocenters. The van der Waals surface area contributed by atoms with Crippen molar-refractivity contribution in [3.8, 4) is 29.6 Å². The number of hydrogen-bond acceptors (Lipinski definition) is 7. The SMILES string of the molecule is C#Cc1c(F)ccc2cccc(-c3ncc4c(N5C[C@H]6CC[C@@H](C5)N6)nc(OC[C@]56CC(=C7CCC7)CN5C[C@H](F)C6)nc4c3F)c12. The van der Waals surface area contributed by atoms with Gasteiger partial charge in [-0.1, -0.05) is 41.3 Å². The number of rotatable bonds is 5. The van der Waals surface area contributed by atoms with Gasteiger partial charge in [0.2, 0.25) is 0 Å². The molecule has 0 amide bonds. The predicted octanol–water partition coefficient (Wildman–Crippen LogP) is 6.09. The fourth-order valence-corrected chi connectivity index (χ4v) is 8.66. The van der Waals surface area contributed by atoms with Crippen molar-refractivity contribution in [2.75, 3.05) is 37.7 Å². The molecule has 4 aliphatic heterocycles. The number of fused-ring (bicyclic) bond motifs is 5.